The van der Waals surface area contributed by atoms with Crippen LogP contribution in [0.5, 0.6) is 0 Å². The third-order valence-electron chi connectivity index (χ3n) is 3.22. The molecule has 0 atom stereocenters. The monoisotopic (exact) mass is 286 g/mol. The van der Waals surface area contributed by atoms with Crippen LogP contribution in [0.25, 0.3) is 22.3 Å². The van der Waals surface area contributed by atoms with Gasteiger partial charge in [-0.15, -0.1) is 0 Å². The Kier molecular flexibility index (Phi) is 2.99. The van der Waals surface area contributed by atoms with Crippen molar-refractivity contribution in [2.24, 2.45) is 0 Å². The Hall–Kier alpha value is -2.26. The summed E-state index contributed by atoms with van der Waals surface area (Å²) in [6, 6.07) is 12.3. The largest absolute Gasteiger partial charge is 0.478 e. The van der Waals surface area contributed by atoms with Crippen molar-refractivity contribution in [3.63, 3.8) is 0 Å². The van der Waals surface area contributed by atoms with Crippen LogP contribution < -0.4 is 0 Å². The third-order valence-corrected chi connectivity index (χ3v) is 3.45. The standard InChI is InChI=1S/C16H11ClO3/c1-9-6-10(16(18)19)2-4-13(9)15-8-11-7-12(17)3-5-14(11)20-15/h2-8H,1H3,(H,18,19). The molecule has 0 radical (unpaired) electrons. The van der Waals surface area contributed by atoms with Gasteiger partial charge >= 0.3 is 5.97 Å². The van der Waals surface area contributed by atoms with Crippen LogP contribution in [-0.2, 0) is 0 Å². The molecule has 0 bridgehead atoms. The SMILES string of the molecule is Cc1cc(C(=O)O)ccc1-c1cc2cc(Cl)ccc2o1. The Morgan fingerprint density at radius 3 is 2.65 bits per heavy atom. The van der Waals surface area contributed by atoms with Crippen molar-refractivity contribution in [2.45, 2.75) is 6.92 Å². The first-order valence-corrected chi connectivity index (χ1v) is 6.46. The van der Waals surface area contributed by atoms with Crippen LogP contribution in [0.1, 0.15) is 15.9 Å². The zero-order chi connectivity index (χ0) is 14.3. The molecule has 1 heterocycles. The normalized spacial score (nSPS) is 10.9. The lowest BCUT2D eigenvalue weighted by atomic mass is 10.0. The van der Waals surface area contributed by atoms with E-state index in [1.807, 2.05) is 25.1 Å². The van der Waals surface area contributed by atoms with Crippen LogP contribution in [0.15, 0.2) is 46.9 Å². The molecule has 1 aromatic heterocycles. The zero-order valence-electron chi connectivity index (χ0n) is 10.7. The highest BCUT2D eigenvalue weighted by Crippen LogP contribution is 2.31. The molecule has 0 saturated carbocycles. The van der Waals surface area contributed by atoms with Gasteiger partial charge < -0.3 is 9.52 Å². The molecule has 100 valence electrons. The highest BCUT2D eigenvalue weighted by Gasteiger charge is 2.11. The summed E-state index contributed by atoms with van der Waals surface area (Å²) in [4.78, 5) is 10.9. The van der Waals surface area contributed by atoms with Gasteiger partial charge in [0.05, 0.1) is 5.56 Å². The van der Waals surface area contributed by atoms with E-state index < -0.39 is 5.97 Å². The molecular formula is C16H11ClO3. The van der Waals surface area contributed by atoms with Crippen molar-refractivity contribution in [1.82, 2.24) is 0 Å². The van der Waals surface area contributed by atoms with Gasteiger partial charge in [-0.1, -0.05) is 17.7 Å². The Labute approximate surface area is 120 Å². The highest BCUT2D eigenvalue weighted by molar-refractivity contribution is 6.31. The maximum Gasteiger partial charge on any atom is 0.335 e. The predicted octanol–water partition coefficient (Wildman–Crippen LogP) is 4.76. The second kappa shape index (κ2) is 4.69. The van der Waals surface area contributed by atoms with E-state index in [2.05, 4.69) is 0 Å². The van der Waals surface area contributed by atoms with E-state index in [1.54, 1.807) is 24.3 Å². The van der Waals surface area contributed by atoms with Crippen LogP contribution in [0.2, 0.25) is 5.02 Å². The lowest BCUT2D eigenvalue weighted by Gasteiger charge is -2.03. The number of furan rings is 1. The van der Waals surface area contributed by atoms with Gasteiger partial charge in [0.1, 0.15) is 11.3 Å². The summed E-state index contributed by atoms with van der Waals surface area (Å²) in [5.41, 5.74) is 2.76. The molecule has 0 aliphatic carbocycles. The summed E-state index contributed by atoms with van der Waals surface area (Å²) >= 11 is 5.95. The number of carboxylic acids is 1. The molecule has 20 heavy (non-hydrogen) atoms. The number of aromatic carboxylic acids is 1. The van der Waals surface area contributed by atoms with Crippen molar-refractivity contribution >= 4 is 28.5 Å². The molecule has 0 aliphatic heterocycles. The fourth-order valence-electron chi connectivity index (χ4n) is 2.22. The van der Waals surface area contributed by atoms with E-state index in [0.29, 0.717) is 10.8 Å². The number of benzene rings is 2. The van der Waals surface area contributed by atoms with Gasteiger partial charge in [-0.25, -0.2) is 4.79 Å². The molecule has 1 N–H and O–H groups in total. The number of carboxylic acid groups (broad SMARTS) is 1. The lowest BCUT2D eigenvalue weighted by Crippen LogP contribution is -1.96. The fraction of sp³-hybridized carbons (Fsp3) is 0.0625. The summed E-state index contributed by atoms with van der Waals surface area (Å²) < 4.78 is 5.78. The van der Waals surface area contributed by atoms with E-state index in [-0.39, 0.29) is 5.56 Å². The second-order valence-electron chi connectivity index (χ2n) is 4.63. The first-order chi connectivity index (χ1) is 9.54. The molecule has 0 fully saturated rings. The molecule has 0 amide bonds. The molecule has 0 aliphatic rings. The van der Waals surface area contributed by atoms with Crippen LogP contribution in [0.4, 0.5) is 0 Å². The van der Waals surface area contributed by atoms with Gasteiger partial charge in [0, 0.05) is 16.0 Å². The van der Waals surface area contributed by atoms with Gasteiger partial charge in [0.15, 0.2) is 0 Å². The van der Waals surface area contributed by atoms with E-state index in [1.165, 1.54) is 0 Å². The molecule has 0 unspecified atom stereocenters. The molecule has 0 spiro atoms. The molecule has 3 nitrogen and oxygen atoms in total. The number of rotatable bonds is 2. The Balaban J connectivity index is 2.13. The maximum absolute atomic E-state index is 10.9. The number of aryl methyl sites for hydroxylation is 1. The summed E-state index contributed by atoms with van der Waals surface area (Å²) in [5.74, 6) is -0.229. The van der Waals surface area contributed by atoms with Gasteiger partial charge in [0.25, 0.3) is 0 Å². The summed E-state index contributed by atoms with van der Waals surface area (Å²) in [6.07, 6.45) is 0. The third kappa shape index (κ3) is 2.17. The fourth-order valence-corrected chi connectivity index (χ4v) is 2.40. The van der Waals surface area contributed by atoms with E-state index >= 15 is 0 Å². The topological polar surface area (TPSA) is 50.4 Å². The van der Waals surface area contributed by atoms with Crippen molar-refractivity contribution in [3.8, 4) is 11.3 Å². The number of halogens is 1. The van der Waals surface area contributed by atoms with E-state index in [4.69, 9.17) is 21.1 Å². The van der Waals surface area contributed by atoms with Gasteiger partial charge in [-0.3, -0.25) is 0 Å². The number of carbonyl (C=O) groups is 1. The van der Waals surface area contributed by atoms with Gasteiger partial charge in [-0.05, 0) is 48.9 Å². The number of fused-ring (bicyclic) bond motifs is 1. The molecule has 4 heteroatoms. The summed E-state index contributed by atoms with van der Waals surface area (Å²) in [5, 5.41) is 10.6. The minimum Gasteiger partial charge on any atom is -0.478 e. The first-order valence-electron chi connectivity index (χ1n) is 6.08. The maximum atomic E-state index is 10.9. The highest BCUT2D eigenvalue weighted by atomic mass is 35.5. The van der Waals surface area contributed by atoms with Crippen LogP contribution in [0.3, 0.4) is 0 Å². The average Bonchev–Trinajstić information content (AvgIpc) is 2.80. The number of hydrogen-bond acceptors (Lipinski definition) is 2. The lowest BCUT2D eigenvalue weighted by molar-refractivity contribution is 0.0697. The van der Waals surface area contributed by atoms with Gasteiger partial charge in [-0.2, -0.15) is 0 Å². The quantitative estimate of drug-likeness (QED) is 0.739. The zero-order valence-corrected chi connectivity index (χ0v) is 11.4. The van der Waals surface area contributed by atoms with Crippen LogP contribution >= 0.6 is 11.6 Å². The molecule has 3 aromatic rings. The molecule has 2 aromatic carbocycles. The molecular weight excluding hydrogens is 276 g/mol. The van der Waals surface area contributed by atoms with Crippen LogP contribution in [0, 0.1) is 6.92 Å². The minimum absolute atomic E-state index is 0.269. The van der Waals surface area contributed by atoms with Crippen molar-refractivity contribution in [3.05, 3.63) is 58.6 Å². The predicted molar refractivity (Wildman–Crippen MR) is 78.4 cm³/mol. The summed E-state index contributed by atoms with van der Waals surface area (Å²) in [6.45, 7) is 1.86. The van der Waals surface area contributed by atoms with Crippen LogP contribution in [-0.4, -0.2) is 11.1 Å². The van der Waals surface area contributed by atoms with E-state index in [0.717, 1.165) is 22.1 Å². The Morgan fingerprint density at radius 1 is 1.15 bits per heavy atom. The first kappa shape index (κ1) is 12.8. The molecule has 3 rings (SSSR count). The molecule has 0 saturated heterocycles. The van der Waals surface area contributed by atoms with Crippen molar-refractivity contribution in [1.29, 1.82) is 0 Å². The second-order valence-corrected chi connectivity index (χ2v) is 5.06. The average molecular weight is 287 g/mol. The Bertz CT molecular complexity index is 818. The van der Waals surface area contributed by atoms with Crippen molar-refractivity contribution < 1.29 is 14.3 Å². The van der Waals surface area contributed by atoms with E-state index in [9.17, 15) is 4.79 Å². The number of hydrogen-bond donors (Lipinski definition) is 1. The van der Waals surface area contributed by atoms with Crippen molar-refractivity contribution in [2.75, 3.05) is 0 Å². The Morgan fingerprint density at radius 2 is 1.95 bits per heavy atom. The summed E-state index contributed by atoms with van der Waals surface area (Å²) in [7, 11) is 0. The smallest absolute Gasteiger partial charge is 0.335 e. The minimum atomic E-state index is -0.934. The van der Waals surface area contributed by atoms with Gasteiger partial charge in [0.2, 0.25) is 0 Å².